The number of hydrogen-bond acceptors (Lipinski definition) is 5. The molecule has 2 aromatic rings. The Morgan fingerprint density at radius 2 is 1.69 bits per heavy atom. The van der Waals surface area contributed by atoms with Gasteiger partial charge in [0.1, 0.15) is 0 Å². The van der Waals surface area contributed by atoms with Gasteiger partial charge in [-0.3, -0.25) is 14.4 Å². The number of amides is 3. The number of nitrogens with zero attached hydrogens (tertiary/aromatic N) is 1. The van der Waals surface area contributed by atoms with E-state index in [1.807, 2.05) is 19.1 Å². The summed E-state index contributed by atoms with van der Waals surface area (Å²) in [4.78, 5) is 39.0. The van der Waals surface area contributed by atoms with E-state index in [2.05, 4.69) is 5.32 Å². The number of thioether (sulfide) groups is 1. The summed E-state index contributed by atoms with van der Waals surface area (Å²) in [5.41, 5.74) is 3.14. The van der Waals surface area contributed by atoms with Crippen LogP contribution in [-0.2, 0) is 20.8 Å². The smallest absolute Gasteiger partial charge is 0.272 e. The molecule has 1 aliphatic rings. The third-order valence-electron chi connectivity index (χ3n) is 4.48. The number of nitrogens with one attached hydrogen (secondary N) is 1. The van der Waals surface area contributed by atoms with Crippen LogP contribution in [0, 0.1) is 0 Å². The van der Waals surface area contributed by atoms with Gasteiger partial charge in [-0.25, -0.2) is 4.90 Å². The van der Waals surface area contributed by atoms with Crippen LogP contribution in [0.3, 0.4) is 0 Å². The molecule has 3 rings (SSSR count). The molecular weight excluding hydrogens is 388 g/mol. The first-order valence-electron chi connectivity index (χ1n) is 9.30. The second-order valence-electron chi connectivity index (χ2n) is 6.50. The Labute approximate surface area is 173 Å². The normalized spacial score (nSPS) is 14.0. The highest BCUT2D eigenvalue weighted by atomic mass is 32.2. The number of benzene rings is 2. The summed E-state index contributed by atoms with van der Waals surface area (Å²) in [6.45, 7) is 3.35. The van der Waals surface area contributed by atoms with Gasteiger partial charge in [0.2, 0.25) is 5.91 Å². The van der Waals surface area contributed by atoms with Crippen molar-refractivity contribution in [2.45, 2.75) is 20.3 Å². The minimum Gasteiger partial charge on any atom is -0.396 e. The lowest BCUT2D eigenvalue weighted by Gasteiger charge is -2.15. The number of carbonyl (C=O) groups excluding carboxylic acids is 3. The second-order valence-corrected chi connectivity index (χ2v) is 7.61. The molecular formula is C22H22N2O4S. The molecule has 0 bridgehead atoms. The first-order valence-corrected chi connectivity index (χ1v) is 10.3. The topological polar surface area (TPSA) is 86.7 Å². The van der Waals surface area contributed by atoms with Gasteiger partial charge in [0.05, 0.1) is 22.8 Å². The Hall–Kier alpha value is -2.90. The molecule has 1 aliphatic heterocycles. The highest BCUT2D eigenvalue weighted by molar-refractivity contribution is 8.04. The van der Waals surface area contributed by atoms with Crippen LogP contribution in [-0.4, -0.2) is 35.2 Å². The van der Waals surface area contributed by atoms with Crippen molar-refractivity contribution in [2.75, 3.05) is 22.6 Å². The highest BCUT2D eigenvalue weighted by Crippen LogP contribution is 2.38. The summed E-state index contributed by atoms with van der Waals surface area (Å²) in [6.07, 6.45) is 0.865. The zero-order valence-corrected chi connectivity index (χ0v) is 17.1. The lowest BCUT2D eigenvalue weighted by Crippen LogP contribution is -2.31. The van der Waals surface area contributed by atoms with Crippen molar-refractivity contribution < 1.29 is 19.5 Å². The summed E-state index contributed by atoms with van der Waals surface area (Å²) >= 11 is 1.17. The van der Waals surface area contributed by atoms with E-state index < -0.39 is 11.8 Å². The molecule has 0 fully saturated rings. The van der Waals surface area contributed by atoms with Crippen molar-refractivity contribution in [2.24, 2.45) is 0 Å². The van der Waals surface area contributed by atoms with Crippen LogP contribution in [0.5, 0.6) is 0 Å². The Morgan fingerprint density at radius 1 is 1.03 bits per heavy atom. The third-order valence-corrected chi connectivity index (χ3v) is 5.53. The summed E-state index contributed by atoms with van der Waals surface area (Å²) in [6, 6.07) is 14.1. The van der Waals surface area contributed by atoms with Crippen molar-refractivity contribution >= 4 is 46.4 Å². The van der Waals surface area contributed by atoms with Crippen molar-refractivity contribution in [1.82, 2.24) is 0 Å². The average Bonchev–Trinajstić information content (AvgIpc) is 2.96. The maximum Gasteiger partial charge on any atom is 0.272 e. The molecule has 7 heteroatoms. The number of aryl methyl sites for hydroxylation is 1. The molecule has 0 saturated carbocycles. The van der Waals surface area contributed by atoms with Gasteiger partial charge in [-0.1, -0.05) is 31.2 Å². The summed E-state index contributed by atoms with van der Waals surface area (Å²) in [7, 11) is 0. The van der Waals surface area contributed by atoms with Crippen LogP contribution in [0.4, 0.5) is 11.4 Å². The molecule has 0 unspecified atom stereocenters. The van der Waals surface area contributed by atoms with E-state index in [1.54, 1.807) is 36.4 Å². The molecule has 0 aliphatic carbocycles. The minimum absolute atomic E-state index is 0.102. The lowest BCUT2D eigenvalue weighted by molar-refractivity contribution is -0.120. The molecule has 6 nitrogen and oxygen atoms in total. The molecule has 2 N–H and O–H groups in total. The third kappa shape index (κ3) is 4.41. The van der Waals surface area contributed by atoms with E-state index in [9.17, 15) is 19.5 Å². The predicted octanol–water partition coefficient (Wildman–Crippen LogP) is 3.22. The Morgan fingerprint density at radius 3 is 2.24 bits per heavy atom. The number of anilines is 2. The van der Waals surface area contributed by atoms with E-state index in [0.29, 0.717) is 33.2 Å². The van der Waals surface area contributed by atoms with Crippen molar-refractivity contribution in [3.8, 4) is 0 Å². The van der Waals surface area contributed by atoms with Crippen LogP contribution in [0.15, 0.2) is 53.4 Å². The molecule has 150 valence electrons. The highest BCUT2D eigenvalue weighted by Gasteiger charge is 2.40. The van der Waals surface area contributed by atoms with Crippen molar-refractivity contribution in [3.63, 3.8) is 0 Å². The van der Waals surface area contributed by atoms with Crippen LogP contribution in [0.2, 0.25) is 0 Å². The standard InChI is InChI=1S/C22H22N2O4S/c1-3-15-4-10-18(11-5-15)24-21(27)19(20(22(24)28)29-13-12-25)16-6-8-17(9-7-16)23-14(2)26/h4-11,25H,3,12-13H2,1-2H3,(H,23,26). The van der Waals surface area contributed by atoms with E-state index in [1.165, 1.54) is 23.6 Å². The molecule has 2 aromatic carbocycles. The monoisotopic (exact) mass is 410 g/mol. The largest absolute Gasteiger partial charge is 0.396 e. The van der Waals surface area contributed by atoms with Gasteiger partial charge in [0.15, 0.2) is 0 Å². The van der Waals surface area contributed by atoms with Gasteiger partial charge >= 0.3 is 0 Å². The fourth-order valence-corrected chi connectivity index (χ4v) is 3.94. The molecule has 3 amide bonds. The maximum absolute atomic E-state index is 13.2. The summed E-state index contributed by atoms with van der Waals surface area (Å²) in [5, 5.41) is 11.9. The van der Waals surface area contributed by atoms with Gasteiger partial charge in [0, 0.05) is 18.4 Å². The van der Waals surface area contributed by atoms with Gasteiger partial charge in [-0.2, -0.15) is 0 Å². The minimum atomic E-state index is -0.396. The fourth-order valence-electron chi connectivity index (χ4n) is 3.08. The molecule has 0 saturated heterocycles. The second kappa shape index (κ2) is 9.07. The molecule has 0 radical (unpaired) electrons. The number of rotatable bonds is 7. The SMILES string of the molecule is CCc1ccc(N2C(=O)C(SCCO)=C(c3ccc(NC(C)=O)cc3)C2=O)cc1. The first-order chi connectivity index (χ1) is 14.0. The quantitative estimate of drug-likeness (QED) is 0.685. The zero-order chi connectivity index (χ0) is 21.0. The number of carbonyl (C=O) groups is 3. The Balaban J connectivity index is 1.98. The number of aliphatic hydroxyl groups excluding tert-OH is 1. The molecule has 0 spiro atoms. The van der Waals surface area contributed by atoms with E-state index >= 15 is 0 Å². The van der Waals surface area contributed by atoms with Crippen molar-refractivity contribution in [1.29, 1.82) is 0 Å². The van der Waals surface area contributed by atoms with Crippen LogP contribution < -0.4 is 10.2 Å². The van der Waals surface area contributed by atoms with Crippen LogP contribution >= 0.6 is 11.8 Å². The first kappa shape index (κ1) is 20.8. The van der Waals surface area contributed by atoms with E-state index in [4.69, 9.17) is 0 Å². The summed E-state index contributed by atoms with van der Waals surface area (Å²) < 4.78 is 0. The predicted molar refractivity (Wildman–Crippen MR) is 116 cm³/mol. The van der Waals surface area contributed by atoms with Gasteiger partial charge in [0.25, 0.3) is 11.8 Å². The fraction of sp³-hybridized carbons (Fsp3) is 0.227. The van der Waals surface area contributed by atoms with Gasteiger partial charge in [-0.15, -0.1) is 11.8 Å². The molecule has 0 aromatic heterocycles. The molecule has 0 atom stereocenters. The average molecular weight is 410 g/mol. The van der Waals surface area contributed by atoms with E-state index in [-0.39, 0.29) is 12.5 Å². The molecule has 1 heterocycles. The number of imide groups is 1. The van der Waals surface area contributed by atoms with Crippen molar-refractivity contribution in [3.05, 3.63) is 64.6 Å². The Bertz CT molecular complexity index is 965. The van der Waals surface area contributed by atoms with E-state index in [0.717, 1.165) is 12.0 Å². The number of aliphatic hydroxyl groups is 1. The molecule has 29 heavy (non-hydrogen) atoms. The van der Waals surface area contributed by atoms with Gasteiger partial charge in [-0.05, 0) is 41.8 Å². The number of hydrogen-bond donors (Lipinski definition) is 2. The zero-order valence-electron chi connectivity index (χ0n) is 16.3. The Kier molecular flexibility index (Phi) is 6.51. The van der Waals surface area contributed by atoms with Crippen LogP contribution in [0.1, 0.15) is 25.0 Å². The van der Waals surface area contributed by atoms with Crippen LogP contribution in [0.25, 0.3) is 5.57 Å². The van der Waals surface area contributed by atoms with Gasteiger partial charge < -0.3 is 10.4 Å². The maximum atomic E-state index is 13.2. The summed E-state index contributed by atoms with van der Waals surface area (Å²) in [5.74, 6) is -0.666. The lowest BCUT2D eigenvalue weighted by atomic mass is 10.1.